The number of ketones is 1. The summed E-state index contributed by atoms with van der Waals surface area (Å²) in [4.78, 5) is 13.0. The van der Waals surface area contributed by atoms with Crippen LogP contribution in [0.5, 0.6) is 0 Å². The van der Waals surface area contributed by atoms with Gasteiger partial charge >= 0.3 is 0 Å². The number of hydrogen-bond acceptors (Lipinski definition) is 4. The third-order valence-corrected chi connectivity index (χ3v) is 4.59. The van der Waals surface area contributed by atoms with Crippen LogP contribution in [-0.2, 0) is 9.53 Å². The molecule has 132 valence electrons. The van der Waals surface area contributed by atoms with Crippen molar-refractivity contribution in [2.45, 2.75) is 45.8 Å². The van der Waals surface area contributed by atoms with Crippen molar-refractivity contribution in [2.24, 2.45) is 0 Å². The second-order valence-corrected chi connectivity index (χ2v) is 7.71. The van der Waals surface area contributed by atoms with Gasteiger partial charge in [-0.15, -0.1) is 0 Å². The van der Waals surface area contributed by atoms with Crippen molar-refractivity contribution >= 4 is 23.0 Å². The largest absolute Gasteiger partial charge is 0.508 e. The van der Waals surface area contributed by atoms with E-state index in [1.807, 2.05) is 25.1 Å². The lowest BCUT2D eigenvalue weighted by Crippen LogP contribution is -2.49. The molecule has 0 spiro atoms. The van der Waals surface area contributed by atoms with Gasteiger partial charge in [0.2, 0.25) is 0 Å². The zero-order valence-corrected chi connectivity index (χ0v) is 15.7. The van der Waals surface area contributed by atoms with Crippen molar-refractivity contribution in [1.82, 2.24) is 9.78 Å². The number of carbonyl (C=O) groups excluding carboxylic acids is 1. The molecule has 3 rings (SSSR count). The van der Waals surface area contributed by atoms with Gasteiger partial charge < -0.3 is 9.84 Å². The summed E-state index contributed by atoms with van der Waals surface area (Å²) in [5.41, 5.74) is 0.607. The zero-order valence-electron chi connectivity index (χ0n) is 14.9. The van der Waals surface area contributed by atoms with Gasteiger partial charge in [-0.25, -0.2) is 4.68 Å². The number of hydrogen-bond donors (Lipinski definition) is 1. The highest BCUT2D eigenvalue weighted by molar-refractivity contribution is 6.30. The predicted molar refractivity (Wildman–Crippen MR) is 97.1 cm³/mol. The van der Waals surface area contributed by atoms with Crippen molar-refractivity contribution < 1.29 is 14.6 Å². The van der Waals surface area contributed by atoms with Gasteiger partial charge in [-0.1, -0.05) is 17.7 Å². The number of aliphatic hydroxyl groups is 1. The first-order chi connectivity index (χ1) is 11.5. The molecule has 0 fully saturated rings. The topological polar surface area (TPSA) is 64.3 Å². The highest BCUT2D eigenvalue weighted by Crippen LogP contribution is 2.41. The van der Waals surface area contributed by atoms with E-state index in [0.717, 1.165) is 11.3 Å². The summed E-state index contributed by atoms with van der Waals surface area (Å²) in [6.45, 7) is 8.84. The van der Waals surface area contributed by atoms with Gasteiger partial charge in [-0.2, -0.15) is 5.10 Å². The van der Waals surface area contributed by atoms with E-state index in [0.29, 0.717) is 16.2 Å². The Kier molecular flexibility index (Phi) is 4.05. The zero-order chi connectivity index (χ0) is 18.6. The monoisotopic (exact) mass is 360 g/mol. The second kappa shape index (κ2) is 5.71. The summed E-state index contributed by atoms with van der Waals surface area (Å²) in [5.74, 6) is -0.307. The van der Waals surface area contributed by atoms with Gasteiger partial charge in [-0.05, 0) is 57.9 Å². The van der Waals surface area contributed by atoms with Gasteiger partial charge in [0.25, 0.3) is 0 Å². The molecule has 5 nitrogen and oxygen atoms in total. The minimum atomic E-state index is -1.03. The van der Waals surface area contributed by atoms with Gasteiger partial charge in [0.05, 0.1) is 22.5 Å². The Bertz CT molecular complexity index is 894. The SMILES string of the molecule is Cc1ccc(-n2cc(Cl)cn2)cc1C1=C(O)C(C)(C)OC(C)(C)C1=O. The summed E-state index contributed by atoms with van der Waals surface area (Å²) in [6, 6.07) is 5.61. The van der Waals surface area contributed by atoms with E-state index in [2.05, 4.69) is 5.10 Å². The smallest absolute Gasteiger partial charge is 0.198 e. The second-order valence-electron chi connectivity index (χ2n) is 7.28. The van der Waals surface area contributed by atoms with Crippen LogP contribution in [0.3, 0.4) is 0 Å². The molecule has 0 radical (unpaired) electrons. The molecule has 0 saturated heterocycles. The van der Waals surface area contributed by atoms with E-state index >= 15 is 0 Å². The van der Waals surface area contributed by atoms with Crippen LogP contribution in [0.1, 0.15) is 38.8 Å². The first-order valence-corrected chi connectivity index (χ1v) is 8.41. The highest BCUT2D eigenvalue weighted by atomic mass is 35.5. The van der Waals surface area contributed by atoms with Gasteiger partial charge in [0, 0.05) is 6.20 Å². The van der Waals surface area contributed by atoms with E-state index in [9.17, 15) is 9.90 Å². The highest BCUT2D eigenvalue weighted by Gasteiger charge is 2.47. The third kappa shape index (κ3) is 2.98. The van der Waals surface area contributed by atoms with Crippen molar-refractivity contribution in [1.29, 1.82) is 0 Å². The number of rotatable bonds is 2. The van der Waals surface area contributed by atoms with E-state index in [1.54, 1.807) is 44.8 Å². The maximum atomic E-state index is 13.0. The molecular formula is C19H21ClN2O3. The van der Waals surface area contributed by atoms with Crippen LogP contribution in [0.25, 0.3) is 11.3 Å². The number of aryl methyl sites for hydroxylation is 1. The lowest BCUT2D eigenvalue weighted by Gasteiger charge is -2.40. The van der Waals surface area contributed by atoms with Crippen molar-refractivity contribution in [2.75, 3.05) is 0 Å². The quantitative estimate of drug-likeness (QED) is 0.869. The molecule has 0 bridgehead atoms. The standard InChI is InChI=1S/C19H21ClN2O3/c1-11-6-7-13(22-10-12(20)9-21-22)8-14(11)15-16(23)18(2,3)25-19(4,5)17(15)24/h6-10,23H,1-5H3. The molecule has 0 amide bonds. The van der Waals surface area contributed by atoms with Crippen LogP contribution in [0.15, 0.2) is 36.4 Å². The molecule has 1 aliphatic rings. The lowest BCUT2D eigenvalue weighted by atomic mass is 9.82. The number of nitrogens with zero attached hydrogens (tertiary/aromatic N) is 2. The van der Waals surface area contributed by atoms with Gasteiger partial charge in [0.1, 0.15) is 17.0 Å². The van der Waals surface area contributed by atoms with E-state index in [-0.39, 0.29) is 11.5 Å². The first-order valence-electron chi connectivity index (χ1n) is 8.03. The number of aromatic nitrogens is 2. The third-order valence-electron chi connectivity index (χ3n) is 4.40. The molecule has 0 atom stereocenters. The minimum absolute atomic E-state index is 0.0597. The molecule has 2 aromatic rings. The van der Waals surface area contributed by atoms with Gasteiger partial charge in [0.15, 0.2) is 5.78 Å². The fraction of sp³-hybridized carbons (Fsp3) is 0.368. The Morgan fingerprint density at radius 3 is 2.48 bits per heavy atom. The maximum Gasteiger partial charge on any atom is 0.198 e. The van der Waals surface area contributed by atoms with E-state index in [4.69, 9.17) is 16.3 Å². The van der Waals surface area contributed by atoms with Crippen LogP contribution in [0.2, 0.25) is 5.02 Å². The Morgan fingerprint density at radius 2 is 1.88 bits per heavy atom. The molecule has 1 aromatic carbocycles. The minimum Gasteiger partial charge on any atom is -0.508 e. The Labute approximate surface area is 151 Å². The van der Waals surface area contributed by atoms with Crippen LogP contribution in [0.4, 0.5) is 0 Å². The average Bonchev–Trinajstić information content (AvgIpc) is 2.93. The molecule has 2 heterocycles. The van der Waals surface area contributed by atoms with E-state index in [1.165, 1.54) is 0 Å². The maximum absolute atomic E-state index is 13.0. The normalized spacial score (nSPS) is 19.4. The molecule has 1 aliphatic heterocycles. The van der Waals surface area contributed by atoms with Crippen LogP contribution < -0.4 is 0 Å². The van der Waals surface area contributed by atoms with Crippen LogP contribution >= 0.6 is 11.6 Å². The number of Topliss-reactive ketones (excluding diaryl/α,β-unsaturated/α-hetero) is 1. The van der Waals surface area contributed by atoms with Crippen LogP contribution in [-0.4, -0.2) is 31.9 Å². The summed E-state index contributed by atoms with van der Waals surface area (Å²) < 4.78 is 7.43. The number of carbonyl (C=O) groups is 1. The summed E-state index contributed by atoms with van der Waals surface area (Å²) in [5, 5.41) is 15.4. The Morgan fingerprint density at radius 1 is 1.20 bits per heavy atom. The molecule has 1 aromatic heterocycles. The summed E-state index contributed by atoms with van der Waals surface area (Å²) in [7, 11) is 0. The van der Waals surface area contributed by atoms with Crippen molar-refractivity contribution in [3.8, 4) is 5.69 Å². The molecule has 0 unspecified atom stereocenters. The molecule has 0 aliphatic carbocycles. The molecule has 6 heteroatoms. The number of halogens is 1. The fourth-order valence-electron chi connectivity index (χ4n) is 3.16. The molecule has 0 saturated carbocycles. The molecule has 25 heavy (non-hydrogen) atoms. The van der Waals surface area contributed by atoms with Crippen molar-refractivity contribution in [3.05, 3.63) is 52.5 Å². The first kappa shape index (κ1) is 17.7. The number of benzene rings is 1. The summed E-state index contributed by atoms with van der Waals surface area (Å²) in [6.07, 6.45) is 3.23. The fourth-order valence-corrected chi connectivity index (χ4v) is 3.29. The van der Waals surface area contributed by atoms with Crippen molar-refractivity contribution in [3.63, 3.8) is 0 Å². The number of aliphatic hydroxyl groups excluding tert-OH is 1. The Balaban J connectivity index is 2.22. The predicted octanol–water partition coefficient (Wildman–Crippen LogP) is 4.26. The summed E-state index contributed by atoms with van der Waals surface area (Å²) >= 11 is 5.95. The number of ether oxygens (including phenoxy) is 1. The molecular weight excluding hydrogens is 340 g/mol. The lowest BCUT2D eigenvalue weighted by molar-refractivity contribution is -0.158. The molecule has 1 N–H and O–H groups in total. The van der Waals surface area contributed by atoms with E-state index < -0.39 is 11.2 Å². The average molecular weight is 361 g/mol. The van der Waals surface area contributed by atoms with Gasteiger partial charge in [-0.3, -0.25) is 4.79 Å². The van der Waals surface area contributed by atoms with Crippen LogP contribution in [0, 0.1) is 6.92 Å². The Hall–Kier alpha value is -2.11.